The molecule has 1 atom stereocenters. The molecule has 0 radical (unpaired) electrons. The van der Waals surface area contributed by atoms with Gasteiger partial charge in [0.15, 0.2) is 5.82 Å². The van der Waals surface area contributed by atoms with Gasteiger partial charge < -0.3 is 14.6 Å². The van der Waals surface area contributed by atoms with Gasteiger partial charge in [-0.25, -0.2) is 0 Å². The molecular weight excluding hydrogens is 390 g/mol. The minimum Gasteiger partial charge on any atom is -0.375 e. The van der Waals surface area contributed by atoms with Gasteiger partial charge in [-0.15, -0.1) is 10.2 Å². The van der Waals surface area contributed by atoms with Crippen LogP contribution in [0.5, 0.6) is 0 Å². The van der Waals surface area contributed by atoms with Gasteiger partial charge in [0, 0.05) is 39.7 Å². The SMILES string of the molecule is COCC(=O)N[C@H](c1nnc2n1CCN(Cc1cccc3ccccc13)CC2)C(C)C. The summed E-state index contributed by atoms with van der Waals surface area (Å²) in [5.41, 5.74) is 1.35. The zero-order chi connectivity index (χ0) is 21.8. The van der Waals surface area contributed by atoms with Crippen LogP contribution in [-0.4, -0.2) is 52.4 Å². The van der Waals surface area contributed by atoms with Crippen LogP contribution in [0.15, 0.2) is 42.5 Å². The van der Waals surface area contributed by atoms with Gasteiger partial charge in [0.05, 0.1) is 6.04 Å². The molecule has 1 N–H and O–H groups in total. The van der Waals surface area contributed by atoms with Crippen LogP contribution >= 0.6 is 0 Å². The van der Waals surface area contributed by atoms with Crippen molar-refractivity contribution in [2.45, 2.75) is 39.4 Å². The Labute approximate surface area is 183 Å². The highest BCUT2D eigenvalue weighted by Crippen LogP contribution is 2.24. The molecule has 2 aromatic carbocycles. The molecule has 0 saturated carbocycles. The van der Waals surface area contributed by atoms with Crippen LogP contribution in [0.3, 0.4) is 0 Å². The fraction of sp³-hybridized carbons (Fsp3) is 0.458. The molecule has 0 spiro atoms. The predicted molar refractivity (Wildman–Crippen MR) is 121 cm³/mol. The van der Waals surface area contributed by atoms with E-state index in [9.17, 15) is 4.79 Å². The van der Waals surface area contributed by atoms with E-state index < -0.39 is 0 Å². The Morgan fingerprint density at radius 2 is 1.90 bits per heavy atom. The summed E-state index contributed by atoms with van der Waals surface area (Å²) < 4.78 is 7.17. The van der Waals surface area contributed by atoms with Gasteiger partial charge >= 0.3 is 0 Å². The van der Waals surface area contributed by atoms with Crippen LogP contribution in [0.4, 0.5) is 0 Å². The zero-order valence-electron chi connectivity index (χ0n) is 18.5. The first-order valence-corrected chi connectivity index (χ1v) is 11.0. The number of aromatic nitrogens is 3. The van der Waals surface area contributed by atoms with Crippen molar-refractivity contribution in [2.24, 2.45) is 5.92 Å². The standard InChI is InChI=1S/C24H31N5O2/c1-17(2)23(25-22(30)16-31-3)24-27-26-21-11-12-28(13-14-29(21)24)15-19-9-6-8-18-7-4-5-10-20(18)19/h4-10,17,23H,11-16H2,1-3H3,(H,25,30)/t23-/m0/s1. The average molecular weight is 422 g/mol. The smallest absolute Gasteiger partial charge is 0.246 e. The van der Waals surface area contributed by atoms with Crippen molar-refractivity contribution in [2.75, 3.05) is 26.8 Å². The van der Waals surface area contributed by atoms with Crippen molar-refractivity contribution >= 4 is 16.7 Å². The molecule has 7 heteroatoms. The Kier molecular flexibility index (Phi) is 6.63. The first kappa shape index (κ1) is 21.5. The average Bonchev–Trinajstić information content (AvgIpc) is 3.05. The molecule has 0 fully saturated rings. The molecule has 31 heavy (non-hydrogen) atoms. The second-order valence-electron chi connectivity index (χ2n) is 8.51. The Morgan fingerprint density at radius 3 is 2.71 bits per heavy atom. The van der Waals surface area contributed by atoms with E-state index in [0.29, 0.717) is 0 Å². The van der Waals surface area contributed by atoms with E-state index in [1.807, 2.05) is 0 Å². The molecule has 1 aliphatic heterocycles. The van der Waals surface area contributed by atoms with Crippen molar-refractivity contribution in [3.05, 3.63) is 59.7 Å². The second kappa shape index (κ2) is 9.58. The first-order chi connectivity index (χ1) is 15.1. The lowest BCUT2D eigenvalue weighted by Crippen LogP contribution is -2.36. The monoisotopic (exact) mass is 421 g/mol. The van der Waals surface area contributed by atoms with Crippen LogP contribution < -0.4 is 5.32 Å². The first-order valence-electron chi connectivity index (χ1n) is 11.0. The van der Waals surface area contributed by atoms with Gasteiger partial charge in [-0.1, -0.05) is 56.3 Å². The maximum atomic E-state index is 12.1. The summed E-state index contributed by atoms with van der Waals surface area (Å²) in [5, 5.41) is 14.6. The minimum atomic E-state index is -0.187. The van der Waals surface area contributed by atoms with Gasteiger partial charge in [0.2, 0.25) is 5.91 Å². The van der Waals surface area contributed by atoms with Crippen LogP contribution in [-0.2, 0) is 29.0 Å². The summed E-state index contributed by atoms with van der Waals surface area (Å²) in [7, 11) is 1.53. The van der Waals surface area contributed by atoms with Gasteiger partial charge in [0.25, 0.3) is 0 Å². The molecule has 0 unspecified atom stereocenters. The predicted octanol–water partition coefficient (Wildman–Crippen LogP) is 2.95. The highest BCUT2D eigenvalue weighted by atomic mass is 16.5. The molecule has 3 aromatic rings. The number of carbonyl (C=O) groups is 1. The van der Waals surface area contributed by atoms with Crippen molar-refractivity contribution in [1.82, 2.24) is 25.0 Å². The molecule has 1 amide bonds. The van der Waals surface area contributed by atoms with E-state index in [-0.39, 0.29) is 24.5 Å². The molecule has 164 valence electrons. The summed E-state index contributed by atoms with van der Waals surface area (Å²) in [6.07, 6.45) is 0.842. The topological polar surface area (TPSA) is 72.3 Å². The molecule has 7 nitrogen and oxygen atoms in total. The quantitative estimate of drug-likeness (QED) is 0.635. The summed E-state index contributed by atoms with van der Waals surface area (Å²) in [6.45, 7) is 7.79. The van der Waals surface area contributed by atoms with Crippen LogP contribution in [0, 0.1) is 5.92 Å². The number of ether oxygens (including phenoxy) is 1. The summed E-state index contributed by atoms with van der Waals surface area (Å²) in [5.74, 6) is 1.89. The lowest BCUT2D eigenvalue weighted by atomic mass is 10.0. The van der Waals surface area contributed by atoms with E-state index in [1.165, 1.54) is 23.4 Å². The number of benzene rings is 2. The number of nitrogens with one attached hydrogen (secondary N) is 1. The highest BCUT2D eigenvalue weighted by Gasteiger charge is 2.27. The highest BCUT2D eigenvalue weighted by molar-refractivity contribution is 5.85. The van der Waals surface area contributed by atoms with E-state index in [4.69, 9.17) is 4.74 Å². The van der Waals surface area contributed by atoms with E-state index in [1.54, 1.807) is 0 Å². The number of fused-ring (bicyclic) bond motifs is 2. The third-order valence-corrected chi connectivity index (χ3v) is 5.96. The summed E-state index contributed by atoms with van der Waals surface area (Å²) in [6, 6.07) is 14.9. The number of nitrogens with zero attached hydrogens (tertiary/aromatic N) is 4. The molecule has 1 aliphatic rings. The zero-order valence-corrected chi connectivity index (χ0v) is 18.5. The normalized spacial score (nSPS) is 15.6. The molecule has 0 aliphatic carbocycles. The van der Waals surface area contributed by atoms with Crippen LogP contribution in [0.1, 0.15) is 37.1 Å². The number of carbonyl (C=O) groups excluding carboxylic acids is 1. The van der Waals surface area contributed by atoms with Gasteiger partial charge in [-0.05, 0) is 22.3 Å². The van der Waals surface area contributed by atoms with Gasteiger partial charge in [-0.3, -0.25) is 9.69 Å². The fourth-order valence-electron chi connectivity index (χ4n) is 4.32. The van der Waals surface area contributed by atoms with Gasteiger partial charge in [0.1, 0.15) is 12.4 Å². The fourth-order valence-corrected chi connectivity index (χ4v) is 4.32. The maximum absolute atomic E-state index is 12.1. The van der Waals surface area contributed by atoms with Crippen LogP contribution in [0.25, 0.3) is 10.8 Å². The Morgan fingerprint density at radius 1 is 1.10 bits per heavy atom. The van der Waals surface area contributed by atoms with Crippen LogP contribution in [0.2, 0.25) is 0 Å². The van der Waals surface area contributed by atoms with E-state index in [2.05, 4.69) is 81.3 Å². The summed E-state index contributed by atoms with van der Waals surface area (Å²) >= 11 is 0. The molecule has 0 bridgehead atoms. The summed E-state index contributed by atoms with van der Waals surface area (Å²) in [4.78, 5) is 14.6. The van der Waals surface area contributed by atoms with Crippen molar-refractivity contribution in [3.8, 4) is 0 Å². The second-order valence-corrected chi connectivity index (χ2v) is 8.51. The molecule has 2 heterocycles. The Balaban J connectivity index is 1.50. The number of rotatable bonds is 7. The lowest BCUT2D eigenvalue weighted by Gasteiger charge is -2.23. The third-order valence-electron chi connectivity index (χ3n) is 5.96. The van der Waals surface area contributed by atoms with E-state index in [0.717, 1.165) is 44.2 Å². The maximum Gasteiger partial charge on any atom is 0.246 e. The molecule has 4 rings (SSSR count). The number of methoxy groups -OCH3 is 1. The number of hydrogen-bond donors (Lipinski definition) is 1. The number of amides is 1. The third kappa shape index (κ3) is 4.78. The van der Waals surface area contributed by atoms with Crippen molar-refractivity contribution in [1.29, 1.82) is 0 Å². The lowest BCUT2D eigenvalue weighted by molar-refractivity contribution is -0.125. The van der Waals surface area contributed by atoms with Crippen molar-refractivity contribution < 1.29 is 9.53 Å². The molecule has 0 saturated heterocycles. The Hall–Kier alpha value is -2.77. The van der Waals surface area contributed by atoms with Gasteiger partial charge in [-0.2, -0.15) is 0 Å². The minimum absolute atomic E-state index is 0.0447. The van der Waals surface area contributed by atoms with Crippen molar-refractivity contribution in [3.63, 3.8) is 0 Å². The Bertz CT molecular complexity index is 1040. The largest absolute Gasteiger partial charge is 0.375 e. The number of hydrogen-bond acceptors (Lipinski definition) is 5. The molecule has 1 aromatic heterocycles. The molecular formula is C24H31N5O2. The van der Waals surface area contributed by atoms with E-state index >= 15 is 0 Å².